The Bertz CT molecular complexity index is 929. The van der Waals surface area contributed by atoms with Crippen LogP contribution in [0, 0.1) is 12.3 Å². The molecule has 104 valence electrons. The number of aromatic nitrogens is 4. The first-order chi connectivity index (χ1) is 10.1. The van der Waals surface area contributed by atoms with Gasteiger partial charge in [-0.3, -0.25) is 9.48 Å². The number of aryl methyl sites for hydroxylation is 1. The maximum Gasteiger partial charge on any atom is 0.273 e. The summed E-state index contributed by atoms with van der Waals surface area (Å²) in [4.78, 5) is 12.0. The number of hydrogen-bond acceptors (Lipinski definition) is 4. The van der Waals surface area contributed by atoms with Gasteiger partial charge in [0.2, 0.25) is 0 Å². The molecule has 2 heterocycles. The topological polar surface area (TPSA) is 89.6 Å². The molecule has 3 rings (SSSR count). The summed E-state index contributed by atoms with van der Waals surface area (Å²) in [7, 11) is 1.84. The molecular formula is C15H13N5O. The molecule has 0 saturated heterocycles. The van der Waals surface area contributed by atoms with Crippen LogP contribution >= 0.6 is 0 Å². The van der Waals surface area contributed by atoms with Gasteiger partial charge in [-0.15, -0.1) is 6.42 Å². The number of hydrogen-bond donors (Lipinski definition) is 2. The SMILES string of the molecule is C#Cc1cc(-c2cnn(C)c2)cc2c(CN)n[nH]c(=O)c12. The van der Waals surface area contributed by atoms with Crippen LogP contribution in [0.25, 0.3) is 21.9 Å². The third-order valence-corrected chi connectivity index (χ3v) is 3.36. The molecule has 2 aromatic heterocycles. The zero-order valence-electron chi connectivity index (χ0n) is 11.4. The van der Waals surface area contributed by atoms with Crippen LogP contribution < -0.4 is 11.3 Å². The highest BCUT2D eigenvalue weighted by Crippen LogP contribution is 2.26. The molecule has 0 spiro atoms. The molecule has 0 radical (unpaired) electrons. The van der Waals surface area contributed by atoms with Gasteiger partial charge in [0.1, 0.15) is 0 Å². The highest BCUT2D eigenvalue weighted by Gasteiger charge is 2.12. The maximum atomic E-state index is 12.0. The van der Waals surface area contributed by atoms with Crippen LogP contribution in [0.5, 0.6) is 0 Å². The van der Waals surface area contributed by atoms with Gasteiger partial charge in [-0.2, -0.15) is 10.2 Å². The van der Waals surface area contributed by atoms with E-state index in [2.05, 4.69) is 21.2 Å². The second-order valence-electron chi connectivity index (χ2n) is 4.70. The lowest BCUT2D eigenvalue weighted by Gasteiger charge is -2.07. The number of benzene rings is 1. The number of nitrogens with one attached hydrogen (secondary N) is 1. The highest BCUT2D eigenvalue weighted by molar-refractivity contribution is 5.93. The summed E-state index contributed by atoms with van der Waals surface area (Å²) in [5, 5.41) is 11.7. The first kappa shape index (κ1) is 13.1. The van der Waals surface area contributed by atoms with E-state index in [-0.39, 0.29) is 12.1 Å². The Labute approximate surface area is 120 Å². The Morgan fingerprint density at radius 3 is 2.86 bits per heavy atom. The van der Waals surface area contributed by atoms with Gasteiger partial charge in [-0.1, -0.05) is 5.92 Å². The molecule has 0 bridgehead atoms. The summed E-state index contributed by atoms with van der Waals surface area (Å²) < 4.78 is 1.70. The van der Waals surface area contributed by atoms with E-state index >= 15 is 0 Å². The van der Waals surface area contributed by atoms with E-state index in [1.54, 1.807) is 16.9 Å². The van der Waals surface area contributed by atoms with Gasteiger partial charge in [-0.05, 0) is 17.7 Å². The van der Waals surface area contributed by atoms with E-state index in [0.29, 0.717) is 22.0 Å². The van der Waals surface area contributed by atoms with Gasteiger partial charge >= 0.3 is 0 Å². The summed E-state index contributed by atoms with van der Waals surface area (Å²) in [5.74, 6) is 2.56. The predicted octanol–water partition coefficient (Wildman–Crippen LogP) is 0.764. The first-order valence-electron chi connectivity index (χ1n) is 6.35. The number of terminal acetylenes is 1. The average molecular weight is 279 g/mol. The molecule has 0 aliphatic rings. The molecular weight excluding hydrogens is 266 g/mol. The monoisotopic (exact) mass is 279 g/mol. The summed E-state index contributed by atoms with van der Waals surface area (Å²) in [6.07, 6.45) is 9.17. The Morgan fingerprint density at radius 1 is 1.43 bits per heavy atom. The molecule has 0 aliphatic carbocycles. The standard InChI is InChI=1S/C15H13N5O/c1-3-9-4-10(11-7-17-20(2)8-11)5-12-13(6-16)18-19-15(21)14(9)12/h1,4-5,7-8H,6,16H2,2H3,(H,19,21). The van der Waals surface area contributed by atoms with Gasteiger partial charge < -0.3 is 5.73 Å². The number of fused-ring (bicyclic) bond motifs is 1. The smallest absolute Gasteiger partial charge is 0.273 e. The van der Waals surface area contributed by atoms with E-state index in [1.807, 2.05) is 19.3 Å². The fourth-order valence-corrected chi connectivity index (χ4v) is 2.36. The number of H-pyrrole nitrogens is 1. The molecule has 3 N–H and O–H groups in total. The van der Waals surface area contributed by atoms with Gasteiger partial charge in [0.25, 0.3) is 5.56 Å². The first-order valence-corrected chi connectivity index (χ1v) is 6.35. The van der Waals surface area contributed by atoms with E-state index in [9.17, 15) is 4.79 Å². The summed E-state index contributed by atoms with van der Waals surface area (Å²) in [6.45, 7) is 0.216. The van der Waals surface area contributed by atoms with Crippen molar-refractivity contribution < 1.29 is 0 Å². The largest absolute Gasteiger partial charge is 0.325 e. The molecule has 0 saturated carbocycles. The van der Waals surface area contributed by atoms with Crippen LogP contribution in [0.4, 0.5) is 0 Å². The van der Waals surface area contributed by atoms with Crippen molar-refractivity contribution in [2.45, 2.75) is 6.54 Å². The van der Waals surface area contributed by atoms with Crippen LogP contribution in [0.3, 0.4) is 0 Å². The molecule has 21 heavy (non-hydrogen) atoms. The van der Waals surface area contributed by atoms with Crippen LogP contribution in [-0.2, 0) is 13.6 Å². The van der Waals surface area contributed by atoms with E-state index in [0.717, 1.165) is 11.1 Å². The molecule has 6 nitrogen and oxygen atoms in total. The van der Waals surface area contributed by atoms with Crippen LogP contribution in [0.1, 0.15) is 11.3 Å². The summed E-state index contributed by atoms with van der Waals surface area (Å²) in [5.41, 5.74) is 8.30. The maximum absolute atomic E-state index is 12.0. The van der Waals surface area contributed by atoms with Crippen molar-refractivity contribution in [3.05, 3.63) is 46.1 Å². The zero-order valence-corrected chi connectivity index (χ0v) is 11.4. The lowest BCUT2D eigenvalue weighted by Crippen LogP contribution is -2.14. The van der Waals surface area contributed by atoms with Gasteiger partial charge in [0.15, 0.2) is 0 Å². The number of nitrogens with zero attached hydrogens (tertiary/aromatic N) is 3. The fraction of sp³-hybridized carbons (Fsp3) is 0.133. The van der Waals surface area contributed by atoms with Crippen LogP contribution in [0.15, 0.2) is 29.3 Å². The molecule has 0 amide bonds. The second-order valence-corrected chi connectivity index (χ2v) is 4.70. The summed E-state index contributed by atoms with van der Waals surface area (Å²) in [6, 6.07) is 3.67. The van der Waals surface area contributed by atoms with E-state index in [1.165, 1.54) is 0 Å². The summed E-state index contributed by atoms with van der Waals surface area (Å²) >= 11 is 0. The third kappa shape index (κ3) is 2.10. The van der Waals surface area contributed by atoms with Gasteiger partial charge in [-0.25, -0.2) is 5.10 Å². The molecule has 0 aliphatic heterocycles. The zero-order chi connectivity index (χ0) is 15.0. The van der Waals surface area contributed by atoms with Gasteiger partial charge in [0, 0.05) is 36.3 Å². The van der Waals surface area contributed by atoms with Crippen LogP contribution in [-0.4, -0.2) is 20.0 Å². The minimum Gasteiger partial charge on any atom is -0.325 e. The van der Waals surface area contributed by atoms with Crippen molar-refractivity contribution >= 4 is 10.8 Å². The third-order valence-electron chi connectivity index (χ3n) is 3.36. The fourth-order valence-electron chi connectivity index (χ4n) is 2.36. The highest BCUT2D eigenvalue weighted by atomic mass is 16.1. The Balaban J connectivity index is 2.41. The van der Waals surface area contributed by atoms with Crippen LogP contribution in [0.2, 0.25) is 0 Å². The number of rotatable bonds is 2. The van der Waals surface area contributed by atoms with Crippen molar-refractivity contribution in [1.82, 2.24) is 20.0 Å². The minimum absolute atomic E-state index is 0.216. The lowest BCUT2D eigenvalue weighted by molar-refractivity contribution is 0.768. The van der Waals surface area contributed by atoms with E-state index in [4.69, 9.17) is 12.2 Å². The van der Waals surface area contributed by atoms with Crippen molar-refractivity contribution in [2.24, 2.45) is 12.8 Å². The molecule has 3 aromatic rings. The average Bonchev–Trinajstić information content (AvgIpc) is 2.93. The molecule has 0 fully saturated rings. The van der Waals surface area contributed by atoms with Crippen molar-refractivity contribution in [3.63, 3.8) is 0 Å². The second kappa shape index (κ2) is 4.89. The predicted molar refractivity (Wildman–Crippen MR) is 80.4 cm³/mol. The Morgan fingerprint density at radius 2 is 2.24 bits per heavy atom. The van der Waals surface area contributed by atoms with Crippen molar-refractivity contribution in [2.75, 3.05) is 0 Å². The number of aromatic amines is 1. The molecule has 0 unspecified atom stereocenters. The normalized spacial score (nSPS) is 10.7. The quantitative estimate of drug-likeness (QED) is 0.678. The van der Waals surface area contributed by atoms with Crippen molar-refractivity contribution in [1.29, 1.82) is 0 Å². The minimum atomic E-state index is -0.312. The lowest BCUT2D eigenvalue weighted by atomic mass is 9.99. The number of nitrogens with two attached hydrogens (primary N) is 1. The van der Waals surface area contributed by atoms with E-state index < -0.39 is 0 Å². The Kier molecular flexibility index (Phi) is 3.05. The molecule has 1 aromatic carbocycles. The Hall–Kier alpha value is -2.91. The van der Waals surface area contributed by atoms with Crippen molar-refractivity contribution in [3.8, 4) is 23.5 Å². The molecule has 6 heteroatoms. The molecule has 0 atom stereocenters. The van der Waals surface area contributed by atoms with Gasteiger partial charge in [0.05, 0.1) is 17.3 Å².